The van der Waals surface area contributed by atoms with Crippen molar-refractivity contribution in [1.29, 1.82) is 0 Å². The SMILES string of the molecule is Cc1ccc(-c2nn(-c3ccccc3)cc2C(=O)N2CC3CCC(N)C3C2)o1. The molecule has 0 bridgehead atoms. The highest BCUT2D eigenvalue weighted by molar-refractivity contribution is 5.99. The maximum atomic E-state index is 13.4. The normalized spacial score (nSPS) is 23.9. The van der Waals surface area contributed by atoms with Crippen LogP contribution in [0.4, 0.5) is 0 Å². The topological polar surface area (TPSA) is 77.3 Å². The molecule has 3 atom stereocenters. The Bertz CT molecular complexity index is 1010. The van der Waals surface area contributed by atoms with E-state index in [1.165, 1.54) is 0 Å². The van der Waals surface area contributed by atoms with Crippen molar-refractivity contribution in [3.8, 4) is 17.1 Å². The Kier molecular flexibility index (Phi) is 4.09. The van der Waals surface area contributed by atoms with E-state index in [9.17, 15) is 4.79 Å². The number of para-hydroxylation sites is 1. The average Bonchev–Trinajstić information content (AvgIpc) is 3.47. The molecule has 1 saturated heterocycles. The van der Waals surface area contributed by atoms with E-state index in [1.54, 1.807) is 4.68 Å². The molecule has 1 amide bonds. The van der Waals surface area contributed by atoms with Gasteiger partial charge in [0, 0.05) is 25.3 Å². The van der Waals surface area contributed by atoms with Crippen LogP contribution in [0.25, 0.3) is 17.1 Å². The van der Waals surface area contributed by atoms with Gasteiger partial charge in [0.2, 0.25) is 0 Å². The number of rotatable bonds is 3. The molecular weight excluding hydrogens is 352 g/mol. The first-order valence-corrected chi connectivity index (χ1v) is 9.87. The minimum atomic E-state index is 0.00725. The molecule has 2 N–H and O–H groups in total. The molecule has 6 nitrogen and oxygen atoms in total. The van der Waals surface area contributed by atoms with Gasteiger partial charge in [-0.25, -0.2) is 4.68 Å². The van der Waals surface area contributed by atoms with Crippen molar-refractivity contribution in [3.63, 3.8) is 0 Å². The number of nitrogens with two attached hydrogens (primary N) is 1. The number of aromatic nitrogens is 2. The van der Waals surface area contributed by atoms with Crippen molar-refractivity contribution in [2.75, 3.05) is 13.1 Å². The Balaban J connectivity index is 1.52. The number of nitrogens with zero attached hydrogens (tertiary/aromatic N) is 3. The van der Waals surface area contributed by atoms with Gasteiger partial charge in [-0.15, -0.1) is 0 Å². The van der Waals surface area contributed by atoms with Crippen LogP contribution in [0.1, 0.15) is 29.0 Å². The predicted octanol–water partition coefficient (Wildman–Crippen LogP) is 3.25. The highest BCUT2D eigenvalue weighted by Crippen LogP contribution is 2.38. The van der Waals surface area contributed by atoms with Gasteiger partial charge in [0.25, 0.3) is 5.91 Å². The van der Waals surface area contributed by atoms with Crippen LogP contribution >= 0.6 is 0 Å². The fourth-order valence-electron chi connectivity index (χ4n) is 4.63. The zero-order valence-electron chi connectivity index (χ0n) is 15.9. The van der Waals surface area contributed by atoms with Crippen molar-refractivity contribution < 1.29 is 9.21 Å². The number of fused-ring (bicyclic) bond motifs is 1. The van der Waals surface area contributed by atoms with Gasteiger partial charge in [-0.3, -0.25) is 4.79 Å². The smallest absolute Gasteiger partial charge is 0.257 e. The Morgan fingerprint density at radius 3 is 2.68 bits per heavy atom. The standard InChI is InChI=1S/C22H24N4O2/c1-14-7-10-20(28-14)21-18(13-26(24-21)16-5-3-2-4-6-16)22(27)25-11-15-8-9-19(23)17(15)12-25/h2-7,10,13,15,17,19H,8-9,11-12,23H2,1H3. The van der Waals surface area contributed by atoms with Crippen LogP contribution in [0.15, 0.2) is 53.1 Å². The Morgan fingerprint density at radius 2 is 1.96 bits per heavy atom. The third kappa shape index (κ3) is 2.85. The summed E-state index contributed by atoms with van der Waals surface area (Å²) < 4.78 is 7.55. The largest absolute Gasteiger partial charge is 0.460 e. The molecule has 0 spiro atoms. The van der Waals surface area contributed by atoms with Gasteiger partial charge in [0.15, 0.2) is 5.76 Å². The first kappa shape index (κ1) is 17.3. The second-order valence-corrected chi connectivity index (χ2v) is 7.96. The molecule has 2 fully saturated rings. The summed E-state index contributed by atoms with van der Waals surface area (Å²) in [5, 5.41) is 4.69. The third-order valence-electron chi connectivity index (χ3n) is 6.14. The monoisotopic (exact) mass is 376 g/mol. The number of furan rings is 1. The first-order valence-electron chi connectivity index (χ1n) is 9.87. The summed E-state index contributed by atoms with van der Waals surface area (Å²) in [6, 6.07) is 13.8. The lowest BCUT2D eigenvalue weighted by atomic mass is 9.98. The average molecular weight is 376 g/mol. The first-order chi connectivity index (χ1) is 13.6. The molecule has 3 unspecified atom stereocenters. The summed E-state index contributed by atoms with van der Waals surface area (Å²) in [4.78, 5) is 15.4. The van der Waals surface area contributed by atoms with Crippen molar-refractivity contribution in [1.82, 2.24) is 14.7 Å². The molecule has 1 aromatic carbocycles. The number of amides is 1. The van der Waals surface area contributed by atoms with Gasteiger partial charge in [-0.05, 0) is 55.9 Å². The van der Waals surface area contributed by atoms with Crippen LogP contribution in [0.2, 0.25) is 0 Å². The summed E-state index contributed by atoms with van der Waals surface area (Å²) in [6.45, 7) is 3.41. The van der Waals surface area contributed by atoms with Gasteiger partial charge in [-0.1, -0.05) is 18.2 Å². The molecule has 2 aromatic heterocycles. The summed E-state index contributed by atoms with van der Waals surface area (Å²) in [6.07, 6.45) is 4.00. The Hall–Kier alpha value is -2.86. The quantitative estimate of drug-likeness (QED) is 0.761. The van der Waals surface area contributed by atoms with Crippen LogP contribution in [-0.2, 0) is 0 Å². The van der Waals surface area contributed by atoms with E-state index in [1.807, 2.05) is 60.5 Å². The fourth-order valence-corrected chi connectivity index (χ4v) is 4.63. The molecule has 3 aromatic rings. The maximum absolute atomic E-state index is 13.4. The molecule has 1 aliphatic heterocycles. The van der Waals surface area contributed by atoms with Gasteiger partial charge < -0.3 is 15.1 Å². The number of likely N-dealkylation sites (tertiary alicyclic amines) is 1. The lowest BCUT2D eigenvalue weighted by Crippen LogP contribution is -2.33. The fraction of sp³-hybridized carbons (Fsp3) is 0.364. The highest BCUT2D eigenvalue weighted by Gasteiger charge is 2.43. The molecular formula is C22H24N4O2. The number of hydrogen-bond donors (Lipinski definition) is 1. The van der Waals surface area contributed by atoms with Crippen molar-refractivity contribution in [3.05, 3.63) is 60.0 Å². The molecule has 144 valence electrons. The van der Waals surface area contributed by atoms with Gasteiger partial charge in [-0.2, -0.15) is 5.10 Å². The van der Waals surface area contributed by atoms with E-state index in [4.69, 9.17) is 15.2 Å². The predicted molar refractivity (Wildman–Crippen MR) is 106 cm³/mol. The van der Waals surface area contributed by atoms with Gasteiger partial charge in [0.05, 0.1) is 11.3 Å². The van der Waals surface area contributed by atoms with Crippen LogP contribution in [0.5, 0.6) is 0 Å². The molecule has 6 heteroatoms. The van der Waals surface area contributed by atoms with Gasteiger partial charge in [0.1, 0.15) is 11.5 Å². The Labute approximate surface area is 163 Å². The van der Waals surface area contributed by atoms with E-state index in [0.717, 1.165) is 37.4 Å². The number of benzene rings is 1. The molecule has 28 heavy (non-hydrogen) atoms. The lowest BCUT2D eigenvalue weighted by molar-refractivity contribution is 0.0780. The zero-order valence-corrected chi connectivity index (χ0v) is 15.9. The van der Waals surface area contributed by atoms with E-state index in [2.05, 4.69) is 0 Å². The van der Waals surface area contributed by atoms with E-state index in [-0.39, 0.29) is 11.9 Å². The minimum Gasteiger partial charge on any atom is -0.460 e. The second-order valence-electron chi connectivity index (χ2n) is 7.96. The van der Waals surface area contributed by atoms with Crippen molar-refractivity contribution in [2.24, 2.45) is 17.6 Å². The lowest BCUT2D eigenvalue weighted by Gasteiger charge is -2.18. The molecule has 5 rings (SSSR count). The summed E-state index contributed by atoms with van der Waals surface area (Å²) in [5.74, 6) is 2.36. The van der Waals surface area contributed by atoms with E-state index < -0.39 is 0 Å². The van der Waals surface area contributed by atoms with Crippen molar-refractivity contribution >= 4 is 5.91 Å². The summed E-state index contributed by atoms with van der Waals surface area (Å²) in [7, 11) is 0. The summed E-state index contributed by atoms with van der Waals surface area (Å²) >= 11 is 0. The molecule has 3 heterocycles. The van der Waals surface area contributed by atoms with Crippen LogP contribution in [0, 0.1) is 18.8 Å². The number of carbonyl (C=O) groups excluding carboxylic acids is 1. The molecule has 1 aliphatic carbocycles. The number of hydrogen-bond acceptors (Lipinski definition) is 4. The molecule has 0 radical (unpaired) electrons. The van der Waals surface area contributed by atoms with Crippen LogP contribution < -0.4 is 5.73 Å². The molecule has 2 aliphatic rings. The van der Waals surface area contributed by atoms with E-state index in [0.29, 0.717) is 28.9 Å². The van der Waals surface area contributed by atoms with E-state index >= 15 is 0 Å². The maximum Gasteiger partial charge on any atom is 0.257 e. The summed E-state index contributed by atoms with van der Waals surface area (Å²) in [5.41, 5.74) is 8.33. The third-order valence-corrected chi connectivity index (χ3v) is 6.14. The minimum absolute atomic E-state index is 0.00725. The van der Waals surface area contributed by atoms with Gasteiger partial charge >= 0.3 is 0 Å². The highest BCUT2D eigenvalue weighted by atomic mass is 16.3. The van der Waals surface area contributed by atoms with Crippen LogP contribution in [0.3, 0.4) is 0 Å². The number of aryl methyl sites for hydroxylation is 1. The van der Waals surface area contributed by atoms with Crippen LogP contribution in [-0.4, -0.2) is 39.7 Å². The number of carbonyl (C=O) groups is 1. The van der Waals surface area contributed by atoms with Crippen molar-refractivity contribution in [2.45, 2.75) is 25.8 Å². The second kappa shape index (κ2) is 6.63. The zero-order chi connectivity index (χ0) is 19.3. The Morgan fingerprint density at radius 1 is 1.14 bits per heavy atom. The molecule has 1 saturated carbocycles.